The number of nitrogens with one attached hydrogen (secondary N) is 1. The van der Waals surface area contributed by atoms with Gasteiger partial charge in [0.1, 0.15) is 0 Å². The maximum absolute atomic E-state index is 14.0. The number of anilines is 2. The fourth-order valence-corrected chi connectivity index (χ4v) is 9.72. The number of hydrogen-bond donors (Lipinski definition) is 1. The zero-order valence-corrected chi connectivity index (χ0v) is 23.9. The van der Waals surface area contributed by atoms with Crippen LogP contribution in [0.2, 0.25) is 0 Å². The van der Waals surface area contributed by atoms with E-state index in [-0.39, 0.29) is 21.6 Å². The Bertz CT molecular complexity index is 1570. The predicted molar refractivity (Wildman–Crippen MR) is 150 cm³/mol. The lowest BCUT2D eigenvalue weighted by molar-refractivity contribution is -0.00794. The van der Waals surface area contributed by atoms with Crippen LogP contribution in [-0.4, -0.2) is 52.9 Å². The Balaban J connectivity index is 1.20. The summed E-state index contributed by atoms with van der Waals surface area (Å²) in [6.07, 6.45) is 11.2. The van der Waals surface area contributed by atoms with E-state index >= 15 is 0 Å². The zero-order chi connectivity index (χ0) is 27.3. The minimum atomic E-state index is -3.65. The van der Waals surface area contributed by atoms with Crippen LogP contribution < -0.4 is 9.62 Å². The monoisotopic (exact) mass is 569 g/mol. The van der Waals surface area contributed by atoms with Gasteiger partial charge in [-0.3, -0.25) is 9.52 Å². The van der Waals surface area contributed by atoms with E-state index in [0.29, 0.717) is 36.3 Å². The van der Waals surface area contributed by atoms with Crippen molar-refractivity contribution in [1.82, 2.24) is 4.31 Å². The second kappa shape index (κ2) is 8.30. The molecule has 2 aromatic carbocycles. The van der Waals surface area contributed by atoms with Gasteiger partial charge in [0.2, 0.25) is 20.0 Å². The third-order valence-electron chi connectivity index (χ3n) is 10.2. The second-order valence-electron chi connectivity index (χ2n) is 12.9. The highest BCUT2D eigenvalue weighted by Gasteiger charge is 2.54. The first-order valence-electron chi connectivity index (χ1n) is 14.0. The van der Waals surface area contributed by atoms with E-state index < -0.39 is 20.0 Å². The molecule has 0 bridgehead atoms. The van der Waals surface area contributed by atoms with Gasteiger partial charge in [-0.25, -0.2) is 16.8 Å². The number of rotatable bonds is 5. The van der Waals surface area contributed by atoms with Crippen LogP contribution in [0.15, 0.2) is 47.4 Å². The molecule has 7 rings (SSSR count). The molecule has 2 aliphatic heterocycles. The minimum Gasteiger partial charge on any atom is -0.307 e. The molecule has 1 N–H and O–H groups in total. The van der Waals surface area contributed by atoms with Crippen molar-refractivity contribution >= 4 is 37.3 Å². The fraction of sp³-hybridized carbons (Fsp3) is 0.552. The lowest BCUT2D eigenvalue weighted by Gasteiger charge is -2.54. The van der Waals surface area contributed by atoms with Gasteiger partial charge in [-0.15, -0.1) is 0 Å². The Kier molecular flexibility index (Phi) is 5.43. The molecule has 8 nitrogen and oxygen atoms in total. The number of carbonyl (C=O) groups is 1. The Morgan fingerprint density at radius 3 is 2.13 bits per heavy atom. The van der Waals surface area contributed by atoms with Crippen molar-refractivity contribution in [2.24, 2.45) is 10.8 Å². The van der Waals surface area contributed by atoms with Gasteiger partial charge in [0.05, 0.1) is 11.2 Å². The van der Waals surface area contributed by atoms with Crippen LogP contribution >= 0.6 is 0 Å². The number of hydrogen-bond acceptors (Lipinski definition) is 5. The van der Waals surface area contributed by atoms with Crippen molar-refractivity contribution in [3.63, 3.8) is 0 Å². The molecule has 39 heavy (non-hydrogen) atoms. The lowest BCUT2D eigenvalue weighted by atomic mass is 9.65. The Hall–Kier alpha value is -2.43. The van der Waals surface area contributed by atoms with Crippen LogP contribution in [0, 0.1) is 10.8 Å². The maximum Gasteiger partial charge on any atom is 0.258 e. The molecule has 0 radical (unpaired) electrons. The zero-order valence-electron chi connectivity index (χ0n) is 22.3. The van der Waals surface area contributed by atoms with Crippen molar-refractivity contribution in [2.45, 2.75) is 68.1 Å². The summed E-state index contributed by atoms with van der Waals surface area (Å²) in [5, 5.41) is 0. The Morgan fingerprint density at radius 1 is 0.821 bits per heavy atom. The highest BCUT2D eigenvalue weighted by Crippen LogP contribution is 2.62. The molecule has 3 spiro atoms. The summed E-state index contributed by atoms with van der Waals surface area (Å²) >= 11 is 0. The van der Waals surface area contributed by atoms with Crippen molar-refractivity contribution in [2.75, 3.05) is 35.5 Å². The normalized spacial score (nSPS) is 24.3. The lowest BCUT2D eigenvalue weighted by Crippen LogP contribution is -2.61. The van der Waals surface area contributed by atoms with Crippen molar-refractivity contribution in [1.29, 1.82) is 0 Å². The van der Waals surface area contributed by atoms with Gasteiger partial charge in [0.15, 0.2) is 0 Å². The van der Waals surface area contributed by atoms with Crippen LogP contribution in [0.25, 0.3) is 0 Å². The van der Waals surface area contributed by atoms with E-state index in [1.54, 1.807) is 33.5 Å². The van der Waals surface area contributed by atoms with Crippen LogP contribution in [0.5, 0.6) is 0 Å². The molecule has 0 atom stereocenters. The SMILES string of the molecule is CS(=O)(=O)Nc1ccc2c(c1)C1(CCC3(CC3)CC1)CN2C(=O)c1cccc(S(=O)(=O)N2CC3(CCC3)C2)c1. The van der Waals surface area contributed by atoms with Crippen LogP contribution in [-0.2, 0) is 25.5 Å². The number of amides is 1. The molecule has 2 heterocycles. The maximum atomic E-state index is 14.0. The predicted octanol–water partition coefficient (Wildman–Crippen LogP) is 4.49. The molecular weight excluding hydrogens is 534 g/mol. The summed E-state index contributed by atoms with van der Waals surface area (Å²) in [5.74, 6) is -0.222. The molecule has 3 saturated carbocycles. The first-order chi connectivity index (χ1) is 18.4. The largest absolute Gasteiger partial charge is 0.307 e. The van der Waals surface area contributed by atoms with Gasteiger partial charge < -0.3 is 4.90 Å². The summed E-state index contributed by atoms with van der Waals surface area (Å²) < 4.78 is 54.7. The molecule has 2 aromatic rings. The van der Waals surface area contributed by atoms with Crippen molar-refractivity contribution in [3.05, 3.63) is 53.6 Å². The van der Waals surface area contributed by atoms with E-state index in [0.717, 1.165) is 56.0 Å². The highest BCUT2D eigenvalue weighted by atomic mass is 32.2. The van der Waals surface area contributed by atoms with Gasteiger partial charge in [-0.05, 0) is 104 Å². The van der Waals surface area contributed by atoms with Gasteiger partial charge in [-0.1, -0.05) is 12.5 Å². The second-order valence-corrected chi connectivity index (χ2v) is 16.6. The number of carbonyl (C=O) groups excluding carboxylic acids is 1. The summed E-state index contributed by atoms with van der Waals surface area (Å²) in [7, 11) is -7.09. The molecule has 1 saturated heterocycles. The molecule has 5 aliphatic rings. The molecule has 3 aliphatic carbocycles. The average Bonchev–Trinajstić information content (AvgIpc) is 3.53. The molecule has 1 amide bonds. The average molecular weight is 570 g/mol. The van der Waals surface area contributed by atoms with Gasteiger partial charge >= 0.3 is 0 Å². The molecule has 10 heteroatoms. The van der Waals surface area contributed by atoms with E-state index in [9.17, 15) is 21.6 Å². The van der Waals surface area contributed by atoms with Crippen LogP contribution in [0.1, 0.15) is 73.7 Å². The topological polar surface area (TPSA) is 104 Å². The summed E-state index contributed by atoms with van der Waals surface area (Å²) in [6.45, 7) is 1.66. The number of sulfonamides is 2. The molecule has 4 fully saturated rings. The smallest absolute Gasteiger partial charge is 0.258 e. The molecule has 208 valence electrons. The molecule has 0 aromatic heterocycles. The quantitative estimate of drug-likeness (QED) is 0.572. The summed E-state index contributed by atoms with van der Waals surface area (Å²) in [6, 6.07) is 11.9. The number of nitrogens with zero attached hydrogens (tertiary/aromatic N) is 2. The first-order valence-corrected chi connectivity index (χ1v) is 17.3. The van der Waals surface area contributed by atoms with Crippen LogP contribution in [0.4, 0.5) is 11.4 Å². The summed E-state index contributed by atoms with van der Waals surface area (Å²) in [4.78, 5) is 15.9. The number of fused-ring (bicyclic) bond motifs is 2. The van der Waals surface area contributed by atoms with Gasteiger partial charge in [0.25, 0.3) is 5.91 Å². The fourth-order valence-electron chi connectivity index (χ4n) is 7.45. The van der Waals surface area contributed by atoms with E-state index in [2.05, 4.69) is 4.72 Å². The van der Waals surface area contributed by atoms with Gasteiger partial charge in [-0.2, -0.15) is 4.31 Å². The molecular formula is C29H35N3O5S2. The Morgan fingerprint density at radius 2 is 1.51 bits per heavy atom. The third kappa shape index (κ3) is 4.21. The van der Waals surface area contributed by atoms with E-state index in [4.69, 9.17) is 0 Å². The third-order valence-corrected chi connectivity index (χ3v) is 12.6. The van der Waals surface area contributed by atoms with Gasteiger partial charge in [0, 0.05) is 42.0 Å². The van der Waals surface area contributed by atoms with Crippen molar-refractivity contribution < 1.29 is 21.6 Å². The summed E-state index contributed by atoms with van der Waals surface area (Å²) in [5.41, 5.74) is 3.06. The van der Waals surface area contributed by atoms with Crippen LogP contribution in [0.3, 0.4) is 0 Å². The minimum absolute atomic E-state index is 0.165. The Labute approximate surface area is 230 Å². The van der Waals surface area contributed by atoms with E-state index in [1.165, 1.54) is 25.3 Å². The van der Waals surface area contributed by atoms with E-state index in [1.807, 2.05) is 12.1 Å². The standard InChI is InChI=1S/C29H35N3O5S2/c1-38(34,35)30-22-6-7-25-24(17-22)29(14-12-27(10-11-27)13-15-29)20-32(25)26(33)21-4-2-5-23(16-21)39(36,37)31-18-28(19-31)8-3-9-28/h2,4-7,16-17,30H,3,8-15,18-20H2,1H3. The first kappa shape index (κ1) is 25.5. The molecule has 0 unspecified atom stereocenters. The van der Waals surface area contributed by atoms with Crippen molar-refractivity contribution in [3.8, 4) is 0 Å². The highest BCUT2D eigenvalue weighted by molar-refractivity contribution is 7.92. The number of benzene rings is 2.